The molecule has 88 valence electrons. The molecule has 1 fully saturated rings. The molecule has 0 aromatic heterocycles. The molecule has 0 heterocycles. The van der Waals surface area contributed by atoms with Gasteiger partial charge < -0.3 is 15.6 Å². The van der Waals surface area contributed by atoms with Crippen LogP contribution in [0.1, 0.15) is 39.0 Å². The first-order valence-corrected chi connectivity index (χ1v) is 5.70. The molecule has 4 heteroatoms. The fourth-order valence-corrected chi connectivity index (χ4v) is 1.86. The molecule has 0 amide bonds. The SMILES string of the molecule is CC1CCC(OC(=O)C(N)CCO)CC1. The lowest BCUT2D eigenvalue weighted by Crippen LogP contribution is -2.36. The van der Waals surface area contributed by atoms with Crippen molar-refractivity contribution < 1.29 is 14.6 Å². The van der Waals surface area contributed by atoms with Crippen LogP contribution in [0.3, 0.4) is 0 Å². The third-order valence-electron chi connectivity index (χ3n) is 2.99. The van der Waals surface area contributed by atoms with Crippen LogP contribution in [0, 0.1) is 5.92 Å². The molecule has 1 atom stereocenters. The van der Waals surface area contributed by atoms with Gasteiger partial charge >= 0.3 is 5.97 Å². The van der Waals surface area contributed by atoms with Gasteiger partial charge in [0.25, 0.3) is 0 Å². The first-order chi connectivity index (χ1) is 7.13. The van der Waals surface area contributed by atoms with Crippen LogP contribution in [0.15, 0.2) is 0 Å². The second-order valence-corrected chi connectivity index (χ2v) is 4.44. The van der Waals surface area contributed by atoms with Gasteiger partial charge in [-0.2, -0.15) is 0 Å². The fourth-order valence-electron chi connectivity index (χ4n) is 1.86. The van der Waals surface area contributed by atoms with Gasteiger partial charge in [-0.1, -0.05) is 6.92 Å². The van der Waals surface area contributed by atoms with Crippen LogP contribution in [0.5, 0.6) is 0 Å². The molecule has 1 rings (SSSR count). The number of nitrogens with two attached hydrogens (primary N) is 1. The molecule has 1 saturated carbocycles. The minimum absolute atomic E-state index is 0.0402. The number of hydrogen-bond acceptors (Lipinski definition) is 4. The molecular formula is C11H21NO3. The van der Waals surface area contributed by atoms with Gasteiger partial charge in [0.1, 0.15) is 12.1 Å². The second-order valence-electron chi connectivity index (χ2n) is 4.44. The Morgan fingerprint density at radius 1 is 1.47 bits per heavy atom. The molecule has 0 bridgehead atoms. The molecular weight excluding hydrogens is 194 g/mol. The Labute approximate surface area is 90.8 Å². The number of ether oxygens (including phenoxy) is 1. The largest absolute Gasteiger partial charge is 0.461 e. The van der Waals surface area contributed by atoms with E-state index in [4.69, 9.17) is 15.6 Å². The van der Waals surface area contributed by atoms with Gasteiger partial charge in [-0.05, 0) is 38.0 Å². The average Bonchev–Trinajstić information content (AvgIpc) is 2.22. The van der Waals surface area contributed by atoms with E-state index >= 15 is 0 Å². The third kappa shape index (κ3) is 4.18. The summed E-state index contributed by atoms with van der Waals surface area (Å²) in [4.78, 5) is 11.4. The average molecular weight is 215 g/mol. The van der Waals surface area contributed by atoms with Crippen molar-refractivity contribution in [2.45, 2.75) is 51.2 Å². The molecule has 0 radical (unpaired) electrons. The van der Waals surface area contributed by atoms with E-state index in [9.17, 15) is 4.79 Å². The molecule has 4 nitrogen and oxygen atoms in total. The van der Waals surface area contributed by atoms with E-state index in [1.165, 1.54) is 0 Å². The highest BCUT2D eigenvalue weighted by Crippen LogP contribution is 2.25. The Morgan fingerprint density at radius 2 is 2.07 bits per heavy atom. The normalized spacial score (nSPS) is 28.5. The maximum Gasteiger partial charge on any atom is 0.323 e. The summed E-state index contributed by atoms with van der Waals surface area (Å²) in [6, 6.07) is -0.672. The maximum absolute atomic E-state index is 11.4. The predicted molar refractivity (Wildman–Crippen MR) is 57.2 cm³/mol. The van der Waals surface area contributed by atoms with Gasteiger partial charge in [0.15, 0.2) is 0 Å². The van der Waals surface area contributed by atoms with Crippen molar-refractivity contribution >= 4 is 5.97 Å². The van der Waals surface area contributed by atoms with Crippen molar-refractivity contribution in [3.63, 3.8) is 0 Å². The van der Waals surface area contributed by atoms with Gasteiger partial charge in [-0.3, -0.25) is 4.79 Å². The zero-order chi connectivity index (χ0) is 11.3. The van der Waals surface area contributed by atoms with Gasteiger partial charge in [0.05, 0.1) is 0 Å². The van der Waals surface area contributed by atoms with E-state index in [-0.39, 0.29) is 25.1 Å². The van der Waals surface area contributed by atoms with Crippen molar-refractivity contribution in [3.05, 3.63) is 0 Å². The molecule has 1 aliphatic carbocycles. The summed E-state index contributed by atoms with van der Waals surface area (Å²) in [6.45, 7) is 2.15. The number of carbonyl (C=O) groups is 1. The lowest BCUT2D eigenvalue weighted by atomic mass is 9.89. The summed E-state index contributed by atoms with van der Waals surface area (Å²) in [5.41, 5.74) is 5.54. The van der Waals surface area contributed by atoms with E-state index in [0.29, 0.717) is 0 Å². The topological polar surface area (TPSA) is 72.5 Å². The van der Waals surface area contributed by atoms with Crippen molar-refractivity contribution in [1.29, 1.82) is 0 Å². The predicted octanol–water partition coefficient (Wildman–Crippen LogP) is 0.818. The number of hydrogen-bond donors (Lipinski definition) is 2. The molecule has 1 unspecified atom stereocenters. The number of carbonyl (C=O) groups excluding carboxylic acids is 1. The smallest absolute Gasteiger partial charge is 0.323 e. The van der Waals surface area contributed by atoms with Crippen LogP contribution in [0.25, 0.3) is 0 Å². The van der Waals surface area contributed by atoms with Crippen LogP contribution in [0.2, 0.25) is 0 Å². The molecule has 0 aromatic rings. The zero-order valence-electron chi connectivity index (χ0n) is 9.32. The zero-order valence-corrected chi connectivity index (χ0v) is 9.32. The lowest BCUT2D eigenvalue weighted by Gasteiger charge is -2.26. The van der Waals surface area contributed by atoms with Crippen LogP contribution < -0.4 is 5.73 Å². The van der Waals surface area contributed by atoms with Crippen LogP contribution >= 0.6 is 0 Å². The van der Waals surface area contributed by atoms with E-state index < -0.39 is 6.04 Å². The molecule has 0 spiro atoms. The Morgan fingerprint density at radius 3 is 2.60 bits per heavy atom. The first-order valence-electron chi connectivity index (χ1n) is 5.70. The highest BCUT2D eigenvalue weighted by atomic mass is 16.5. The quantitative estimate of drug-likeness (QED) is 0.681. The summed E-state index contributed by atoms with van der Waals surface area (Å²) >= 11 is 0. The van der Waals surface area contributed by atoms with E-state index in [1.807, 2.05) is 0 Å². The summed E-state index contributed by atoms with van der Waals surface area (Å²) in [5, 5.41) is 8.64. The minimum Gasteiger partial charge on any atom is -0.461 e. The van der Waals surface area contributed by atoms with Crippen molar-refractivity contribution in [3.8, 4) is 0 Å². The van der Waals surface area contributed by atoms with Gasteiger partial charge in [0.2, 0.25) is 0 Å². The second kappa shape index (κ2) is 6.08. The van der Waals surface area contributed by atoms with Crippen LogP contribution in [-0.2, 0) is 9.53 Å². The number of aliphatic hydroxyl groups is 1. The maximum atomic E-state index is 11.4. The molecule has 15 heavy (non-hydrogen) atoms. The van der Waals surface area contributed by atoms with E-state index in [2.05, 4.69) is 6.92 Å². The van der Waals surface area contributed by atoms with E-state index in [1.54, 1.807) is 0 Å². The first kappa shape index (κ1) is 12.5. The van der Waals surface area contributed by atoms with Crippen LogP contribution in [0.4, 0.5) is 0 Å². The summed E-state index contributed by atoms with van der Waals surface area (Å²) < 4.78 is 5.28. The summed E-state index contributed by atoms with van der Waals surface area (Å²) in [7, 11) is 0. The molecule has 1 aliphatic rings. The van der Waals surface area contributed by atoms with Crippen molar-refractivity contribution in [1.82, 2.24) is 0 Å². The van der Waals surface area contributed by atoms with Gasteiger partial charge in [0, 0.05) is 6.61 Å². The van der Waals surface area contributed by atoms with E-state index in [0.717, 1.165) is 31.6 Å². The highest BCUT2D eigenvalue weighted by molar-refractivity contribution is 5.75. The summed E-state index contributed by atoms with van der Waals surface area (Å²) in [5.74, 6) is 0.370. The van der Waals surface area contributed by atoms with Crippen LogP contribution in [-0.4, -0.2) is 29.8 Å². The van der Waals surface area contributed by atoms with Crippen molar-refractivity contribution in [2.24, 2.45) is 11.7 Å². The Balaban J connectivity index is 2.25. The number of rotatable bonds is 4. The highest BCUT2D eigenvalue weighted by Gasteiger charge is 2.23. The standard InChI is InChI=1S/C11H21NO3/c1-8-2-4-9(5-3-8)15-11(14)10(12)6-7-13/h8-10,13H,2-7,12H2,1H3. The molecule has 3 N–H and O–H groups in total. The summed E-state index contributed by atoms with van der Waals surface area (Å²) in [6.07, 6.45) is 4.44. The lowest BCUT2D eigenvalue weighted by molar-refractivity contribution is -0.152. The third-order valence-corrected chi connectivity index (χ3v) is 2.99. The monoisotopic (exact) mass is 215 g/mol. The van der Waals surface area contributed by atoms with Gasteiger partial charge in [-0.15, -0.1) is 0 Å². The molecule has 0 aromatic carbocycles. The number of aliphatic hydroxyl groups excluding tert-OH is 1. The van der Waals surface area contributed by atoms with Crippen molar-refractivity contribution in [2.75, 3.05) is 6.61 Å². The Bertz CT molecular complexity index is 200. The Kier molecular flexibility index (Phi) is 5.05. The number of esters is 1. The molecule has 0 aliphatic heterocycles. The van der Waals surface area contributed by atoms with Gasteiger partial charge in [-0.25, -0.2) is 0 Å². The molecule has 0 saturated heterocycles. The fraction of sp³-hybridized carbons (Fsp3) is 0.909. The minimum atomic E-state index is -0.672. The Hall–Kier alpha value is -0.610.